The first-order valence-corrected chi connectivity index (χ1v) is 12.1. The van der Waals surface area contributed by atoms with E-state index >= 15 is 0 Å². The number of hydrogen-bond donors (Lipinski definition) is 0. The molecule has 0 saturated carbocycles. The zero-order valence-electron chi connectivity index (χ0n) is 20.6. The highest BCUT2D eigenvalue weighted by Crippen LogP contribution is 2.31. The Labute approximate surface area is 216 Å². The number of rotatable bonds is 11. The summed E-state index contributed by atoms with van der Waals surface area (Å²) in [6.45, 7) is 0.639. The fourth-order valence-electron chi connectivity index (χ4n) is 3.93. The molecule has 1 unspecified atom stereocenters. The predicted molar refractivity (Wildman–Crippen MR) is 136 cm³/mol. The van der Waals surface area contributed by atoms with Crippen LogP contribution in [0.5, 0.6) is 0 Å². The highest BCUT2D eigenvalue weighted by molar-refractivity contribution is 5.89. The Balaban J connectivity index is 1.52. The van der Waals surface area contributed by atoms with E-state index in [0.717, 1.165) is 11.1 Å². The molecule has 1 fully saturated rings. The first-order chi connectivity index (χ1) is 18.1. The summed E-state index contributed by atoms with van der Waals surface area (Å²) in [5.74, 6) is -1.06. The van der Waals surface area contributed by atoms with Crippen molar-refractivity contribution in [3.8, 4) is 0 Å². The lowest BCUT2D eigenvalue weighted by Gasteiger charge is -2.26. The standard InChI is InChI=1S/C30H30O7/c1-33-28(31)18-17-25(36-29(32)23-13-7-3-8-14-23)19-26(34-20-22-11-5-2-6-12-22)27-21-35-30(37-27)24-15-9-4-10-16-24/h2-18,25-27,30H,19-21H2,1H3/b18-17+/t25-,26+,27-,30?/m0/s1. The van der Waals surface area contributed by atoms with Crippen molar-refractivity contribution in [2.24, 2.45) is 0 Å². The summed E-state index contributed by atoms with van der Waals surface area (Å²) in [5.41, 5.74) is 2.31. The lowest BCUT2D eigenvalue weighted by atomic mass is 10.1. The van der Waals surface area contributed by atoms with Crippen LogP contribution in [0, 0.1) is 0 Å². The molecule has 37 heavy (non-hydrogen) atoms. The van der Waals surface area contributed by atoms with Crippen LogP contribution < -0.4 is 0 Å². The Morgan fingerprint density at radius 2 is 1.59 bits per heavy atom. The fraction of sp³-hybridized carbons (Fsp3) is 0.267. The Morgan fingerprint density at radius 3 is 2.27 bits per heavy atom. The molecule has 192 valence electrons. The first-order valence-electron chi connectivity index (χ1n) is 12.1. The molecule has 1 aliphatic heterocycles. The largest absolute Gasteiger partial charge is 0.466 e. The van der Waals surface area contributed by atoms with Gasteiger partial charge in [-0.05, 0) is 23.8 Å². The van der Waals surface area contributed by atoms with Gasteiger partial charge in [0.2, 0.25) is 0 Å². The van der Waals surface area contributed by atoms with E-state index in [4.69, 9.17) is 23.7 Å². The van der Waals surface area contributed by atoms with Crippen LogP contribution in [-0.4, -0.2) is 44.0 Å². The van der Waals surface area contributed by atoms with E-state index in [1.807, 2.05) is 66.7 Å². The number of ether oxygens (including phenoxy) is 5. The van der Waals surface area contributed by atoms with Crippen LogP contribution in [0.2, 0.25) is 0 Å². The van der Waals surface area contributed by atoms with E-state index in [2.05, 4.69) is 0 Å². The van der Waals surface area contributed by atoms with Crippen LogP contribution in [-0.2, 0) is 35.1 Å². The number of esters is 2. The maximum Gasteiger partial charge on any atom is 0.338 e. The molecular weight excluding hydrogens is 472 g/mol. The van der Waals surface area contributed by atoms with Gasteiger partial charge in [-0.15, -0.1) is 0 Å². The number of carbonyl (C=O) groups is 2. The summed E-state index contributed by atoms with van der Waals surface area (Å²) < 4.78 is 29.0. The van der Waals surface area contributed by atoms with Gasteiger partial charge in [-0.3, -0.25) is 0 Å². The Kier molecular flexibility index (Phi) is 9.60. The van der Waals surface area contributed by atoms with Crippen molar-refractivity contribution < 1.29 is 33.3 Å². The maximum atomic E-state index is 12.8. The van der Waals surface area contributed by atoms with Gasteiger partial charge in [-0.25, -0.2) is 9.59 Å². The summed E-state index contributed by atoms with van der Waals surface area (Å²) in [6.07, 6.45) is 0.792. The van der Waals surface area contributed by atoms with Crippen molar-refractivity contribution in [3.63, 3.8) is 0 Å². The van der Waals surface area contributed by atoms with E-state index in [0.29, 0.717) is 18.8 Å². The van der Waals surface area contributed by atoms with E-state index in [1.165, 1.54) is 19.3 Å². The molecule has 1 saturated heterocycles. The van der Waals surface area contributed by atoms with Gasteiger partial charge in [-0.2, -0.15) is 0 Å². The van der Waals surface area contributed by atoms with E-state index < -0.39 is 36.5 Å². The Hall–Kier alpha value is -3.78. The highest BCUT2D eigenvalue weighted by atomic mass is 16.7. The number of hydrogen-bond acceptors (Lipinski definition) is 7. The van der Waals surface area contributed by atoms with Gasteiger partial charge in [0.1, 0.15) is 12.2 Å². The highest BCUT2D eigenvalue weighted by Gasteiger charge is 2.36. The number of benzene rings is 3. The zero-order chi connectivity index (χ0) is 25.9. The van der Waals surface area contributed by atoms with Crippen LogP contribution >= 0.6 is 0 Å². The summed E-state index contributed by atoms with van der Waals surface area (Å²) in [5, 5.41) is 0. The lowest BCUT2D eigenvalue weighted by Crippen LogP contribution is -2.35. The first kappa shape index (κ1) is 26.3. The van der Waals surface area contributed by atoms with E-state index in [9.17, 15) is 9.59 Å². The monoisotopic (exact) mass is 502 g/mol. The molecule has 3 aromatic carbocycles. The second kappa shape index (κ2) is 13.5. The molecule has 0 bridgehead atoms. The SMILES string of the molecule is COC(=O)/C=C/[C@@H](C[C@@H](OCc1ccccc1)[C@@H]1COC(c2ccccc2)O1)OC(=O)c1ccccc1. The normalized spacial score (nSPS) is 18.8. The Morgan fingerprint density at radius 1 is 0.946 bits per heavy atom. The molecule has 0 aliphatic carbocycles. The van der Waals surface area contributed by atoms with E-state index in [-0.39, 0.29) is 6.42 Å². The van der Waals surface area contributed by atoms with Gasteiger partial charge in [-0.1, -0.05) is 78.9 Å². The lowest BCUT2D eigenvalue weighted by molar-refractivity contribution is -0.134. The third-order valence-electron chi connectivity index (χ3n) is 5.88. The van der Waals surface area contributed by atoms with Gasteiger partial charge < -0.3 is 23.7 Å². The van der Waals surface area contributed by atoms with Crippen LogP contribution in [0.25, 0.3) is 0 Å². The minimum atomic E-state index is -0.771. The van der Waals surface area contributed by atoms with Crippen molar-refractivity contribution in [2.75, 3.05) is 13.7 Å². The zero-order valence-corrected chi connectivity index (χ0v) is 20.6. The summed E-state index contributed by atoms with van der Waals surface area (Å²) in [7, 11) is 1.29. The minimum absolute atomic E-state index is 0.244. The average Bonchev–Trinajstić information content (AvgIpc) is 3.45. The van der Waals surface area contributed by atoms with Crippen LogP contribution in [0.1, 0.15) is 34.2 Å². The van der Waals surface area contributed by atoms with Crippen LogP contribution in [0.3, 0.4) is 0 Å². The fourth-order valence-corrected chi connectivity index (χ4v) is 3.93. The summed E-state index contributed by atoms with van der Waals surface area (Å²) in [6, 6.07) is 28.1. The van der Waals surface area contributed by atoms with Gasteiger partial charge in [0.15, 0.2) is 6.29 Å². The van der Waals surface area contributed by atoms with Gasteiger partial charge >= 0.3 is 11.9 Å². The molecule has 0 radical (unpaired) electrons. The Bertz CT molecular complexity index is 1150. The van der Waals surface area contributed by atoms with Crippen LogP contribution in [0.4, 0.5) is 0 Å². The number of carbonyl (C=O) groups excluding carboxylic acids is 2. The predicted octanol–water partition coefficient (Wildman–Crippen LogP) is 5.03. The summed E-state index contributed by atoms with van der Waals surface area (Å²) >= 11 is 0. The molecule has 3 aromatic rings. The van der Waals surface area contributed by atoms with Gasteiger partial charge in [0.05, 0.1) is 32.0 Å². The molecule has 1 aliphatic rings. The summed E-state index contributed by atoms with van der Waals surface area (Å²) in [4.78, 5) is 24.6. The second-order valence-electron chi connectivity index (χ2n) is 8.51. The quantitative estimate of drug-likeness (QED) is 0.269. The molecule has 4 atom stereocenters. The molecule has 0 N–H and O–H groups in total. The van der Waals surface area contributed by atoms with E-state index in [1.54, 1.807) is 24.3 Å². The van der Waals surface area contributed by atoms with Crippen molar-refractivity contribution >= 4 is 11.9 Å². The molecule has 1 heterocycles. The maximum absolute atomic E-state index is 12.8. The number of methoxy groups -OCH3 is 1. The van der Waals surface area contributed by atoms with Crippen molar-refractivity contribution in [3.05, 3.63) is 120 Å². The van der Waals surface area contributed by atoms with Gasteiger partial charge in [0.25, 0.3) is 0 Å². The average molecular weight is 503 g/mol. The topological polar surface area (TPSA) is 80.3 Å². The van der Waals surface area contributed by atoms with Crippen molar-refractivity contribution in [2.45, 2.75) is 37.6 Å². The van der Waals surface area contributed by atoms with Crippen molar-refractivity contribution in [1.29, 1.82) is 0 Å². The second-order valence-corrected chi connectivity index (χ2v) is 8.51. The van der Waals surface area contributed by atoms with Gasteiger partial charge in [0, 0.05) is 18.1 Å². The molecule has 0 aromatic heterocycles. The third kappa shape index (κ3) is 7.85. The molecule has 4 rings (SSSR count). The third-order valence-corrected chi connectivity index (χ3v) is 5.88. The smallest absolute Gasteiger partial charge is 0.338 e. The van der Waals surface area contributed by atoms with Crippen LogP contribution in [0.15, 0.2) is 103 Å². The molecule has 0 amide bonds. The molecule has 7 nitrogen and oxygen atoms in total. The molecular formula is C30H30O7. The van der Waals surface area contributed by atoms with Crippen molar-refractivity contribution in [1.82, 2.24) is 0 Å². The minimum Gasteiger partial charge on any atom is -0.466 e. The molecule has 7 heteroatoms. The molecule has 0 spiro atoms.